The molecule has 0 unspecified atom stereocenters. The third-order valence-electron chi connectivity index (χ3n) is 5.61. The number of guanidine groups is 1. The molecule has 0 radical (unpaired) electrons. The van der Waals surface area contributed by atoms with E-state index in [-0.39, 0.29) is 11.8 Å². The van der Waals surface area contributed by atoms with Crippen LogP contribution in [0.5, 0.6) is 0 Å². The number of rotatable bonds is 11. The predicted octanol–water partition coefficient (Wildman–Crippen LogP) is 2.78. The summed E-state index contributed by atoms with van der Waals surface area (Å²) in [6.07, 6.45) is 6.11. The number of ether oxygens (including phenoxy) is 1. The van der Waals surface area contributed by atoms with Crippen LogP contribution in [0.15, 0.2) is 29.3 Å². The van der Waals surface area contributed by atoms with Crippen molar-refractivity contribution < 1.29 is 13.2 Å². The van der Waals surface area contributed by atoms with Crippen molar-refractivity contribution in [1.82, 2.24) is 15.4 Å². The van der Waals surface area contributed by atoms with Crippen LogP contribution < -0.4 is 15.4 Å². The van der Waals surface area contributed by atoms with Gasteiger partial charge in [-0.3, -0.25) is 4.99 Å². The fraction of sp³-hybridized carbons (Fsp3) is 0.682. The lowest BCUT2D eigenvalue weighted by Crippen LogP contribution is -2.43. The van der Waals surface area contributed by atoms with E-state index in [0.29, 0.717) is 12.0 Å². The monoisotopic (exact) mass is 438 g/mol. The van der Waals surface area contributed by atoms with Crippen molar-refractivity contribution >= 4 is 16.0 Å². The first-order valence-corrected chi connectivity index (χ1v) is 12.4. The molecule has 0 amide bonds. The fourth-order valence-corrected chi connectivity index (χ4v) is 5.44. The average Bonchev–Trinajstić information content (AvgIpc) is 3.15. The van der Waals surface area contributed by atoms with E-state index in [4.69, 9.17) is 4.74 Å². The van der Waals surface area contributed by atoms with E-state index in [0.717, 1.165) is 36.7 Å². The second-order valence-electron chi connectivity index (χ2n) is 8.58. The van der Waals surface area contributed by atoms with E-state index in [1.54, 1.807) is 14.2 Å². The molecule has 0 saturated heterocycles. The Morgan fingerprint density at radius 3 is 2.33 bits per heavy atom. The molecule has 1 aliphatic rings. The highest BCUT2D eigenvalue weighted by Crippen LogP contribution is 2.40. The Hall–Kier alpha value is -1.64. The van der Waals surface area contributed by atoms with E-state index in [1.165, 1.54) is 25.7 Å². The Bertz CT molecular complexity index is 770. The van der Waals surface area contributed by atoms with Gasteiger partial charge in [-0.25, -0.2) is 13.1 Å². The molecule has 3 N–H and O–H groups in total. The largest absolute Gasteiger partial charge is 0.385 e. The standard InChI is InChI=1S/C22H38N4O3S/c1-18(2)26-30(27,28)16-20-9-7-19(8-10-20)15-24-21(23-3)25-17-22(13-14-29-4)11-5-6-12-22/h7-10,18,26H,5-6,11-17H2,1-4H3,(H2,23,24,25). The van der Waals surface area contributed by atoms with Gasteiger partial charge < -0.3 is 15.4 Å². The number of hydrogen-bond donors (Lipinski definition) is 3. The van der Waals surface area contributed by atoms with Crippen molar-refractivity contribution in [2.45, 2.75) is 64.3 Å². The average molecular weight is 439 g/mol. The molecule has 8 heteroatoms. The lowest BCUT2D eigenvalue weighted by molar-refractivity contribution is 0.138. The summed E-state index contributed by atoms with van der Waals surface area (Å²) in [6, 6.07) is 7.54. The molecule has 1 saturated carbocycles. The zero-order chi connectivity index (χ0) is 22.0. The quantitative estimate of drug-likeness (QED) is 0.365. The van der Waals surface area contributed by atoms with Crippen molar-refractivity contribution in [2.24, 2.45) is 10.4 Å². The second kappa shape index (κ2) is 11.7. The summed E-state index contributed by atoms with van der Waals surface area (Å²) in [7, 11) is 0.233. The van der Waals surface area contributed by atoms with Gasteiger partial charge in [0.15, 0.2) is 5.96 Å². The molecule has 1 fully saturated rings. The first kappa shape index (κ1) is 24.6. The molecule has 1 aromatic carbocycles. The van der Waals surface area contributed by atoms with Crippen molar-refractivity contribution in [2.75, 3.05) is 27.3 Å². The molecule has 30 heavy (non-hydrogen) atoms. The lowest BCUT2D eigenvalue weighted by atomic mass is 9.83. The Morgan fingerprint density at radius 2 is 1.77 bits per heavy atom. The third-order valence-corrected chi connectivity index (χ3v) is 7.15. The SMILES string of the molecule is CN=C(NCc1ccc(CS(=O)(=O)NC(C)C)cc1)NCC1(CCOC)CCCC1. The molecule has 0 aliphatic heterocycles. The van der Waals surface area contributed by atoms with E-state index < -0.39 is 10.0 Å². The maximum atomic E-state index is 12.1. The van der Waals surface area contributed by atoms with Crippen LogP contribution in [0.3, 0.4) is 0 Å². The Kier molecular flexibility index (Phi) is 9.58. The van der Waals surface area contributed by atoms with Gasteiger partial charge in [0.2, 0.25) is 10.0 Å². The molecule has 2 rings (SSSR count). The molecule has 0 aromatic heterocycles. The predicted molar refractivity (Wildman–Crippen MR) is 123 cm³/mol. The summed E-state index contributed by atoms with van der Waals surface area (Å²) < 4.78 is 32.1. The van der Waals surface area contributed by atoms with Gasteiger partial charge in [0.05, 0.1) is 5.75 Å². The van der Waals surface area contributed by atoms with Gasteiger partial charge in [-0.1, -0.05) is 37.1 Å². The van der Waals surface area contributed by atoms with Crippen LogP contribution in [-0.4, -0.2) is 47.7 Å². The van der Waals surface area contributed by atoms with Crippen LogP contribution in [0.25, 0.3) is 0 Å². The number of methoxy groups -OCH3 is 1. The van der Waals surface area contributed by atoms with Gasteiger partial charge in [0.1, 0.15) is 0 Å². The summed E-state index contributed by atoms with van der Waals surface area (Å²) in [5, 5.41) is 6.84. The molecule has 0 bridgehead atoms. The van der Waals surface area contributed by atoms with Gasteiger partial charge in [-0.05, 0) is 49.7 Å². The van der Waals surface area contributed by atoms with Crippen molar-refractivity contribution in [3.05, 3.63) is 35.4 Å². The van der Waals surface area contributed by atoms with Crippen molar-refractivity contribution in [3.8, 4) is 0 Å². The minimum Gasteiger partial charge on any atom is -0.385 e. The maximum absolute atomic E-state index is 12.1. The second-order valence-corrected chi connectivity index (χ2v) is 10.3. The van der Waals surface area contributed by atoms with Crippen LogP contribution in [0.2, 0.25) is 0 Å². The number of hydrogen-bond acceptors (Lipinski definition) is 4. The number of aliphatic imine (C=N–C) groups is 1. The molecule has 0 atom stereocenters. The highest BCUT2D eigenvalue weighted by atomic mass is 32.2. The van der Waals surface area contributed by atoms with Gasteiger partial charge in [0.25, 0.3) is 0 Å². The van der Waals surface area contributed by atoms with Crippen molar-refractivity contribution in [1.29, 1.82) is 0 Å². The first-order valence-electron chi connectivity index (χ1n) is 10.8. The highest BCUT2D eigenvalue weighted by molar-refractivity contribution is 7.88. The van der Waals surface area contributed by atoms with E-state index in [2.05, 4.69) is 20.3 Å². The number of nitrogens with one attached hydrogen (secondary N) is 3. The van der Waals surface area contributed by atoms with Gasteiger partial charge in [-0.15, -0.1) is 0 Å². The fourth-order valence-electron chi connectivity index (χ4n) is 4.01. The van der Waals surface area contributed by atoms with Crippen LogP contribution in [0.4, 0.5) is 0 Å². The van der Waals surface area contributed by atoms with Crippen LogP contribution >= 0.6 is 0 Å². The molecule has 0 heterocycles. The Balaban J connectivity index is 1.84. The summed E-state index contributed by atoms with van der Waals surface area (Å²) in [5.41, 5.74) is 2.15. The zero-order valence-electron chi connectivity index (χ0n) is 18.8. The molecule has 7 nitrogen and oxygen atoms in total. The van der Waals surface area contributed by atoms with Crippen LogP contribution in [0.1, 0.15) is 57.1 Å². The minimum absolute atomic E-state index is 0.00826. The summed E-state index contributed by atoms with van der Waals surface area (Å²) in [5.74, 6) is 0.776. The Labute approximate surface area is 182 Å². The topological polar surface area (TPSA) is 91.8 Å². The molecule has 1 aliphatic carbocycles. The van der Waals surface area contributed by atoms with E-state index >= 15 is 0 Å². The maximum Gasteiger partial charge on any atom is 0.216 e. The smallest absolute Gasteiger partial charge is 0.216 e. The molecular weight excluding hydrogens is 400 g/mol. The Morgan fingerprint density at radius 1 is 1.13 bits per heavy atom. The number of sulfonamides is 1. The lowest BCUT2D eigenvalue weighted by Gasteiger charge is -2.30. The number of benzene rings is 1. The molecular formula is C22H38N4O3S. The third kappa shape index (κ3) is 8.24. The summed E-state index contributed by atoms with van der Waals surface area (Å²) in [4.78, 5) is 4.34. The van der Waals surface area contributed by atoms with Gasteiger partial charge in [0, 0.05) is 39.9 Å². The van der Waals surface area contributed by atoms with Gasteiger partial charge >= 0.3 is 0 Å². The van der Waals surface area contributed by atoms with Crippen LogP contribution in [-0.2, 0) is 27.1 Å². The van der Waals surface area contributed by atoms with E-state index in [1.807, 2.05) is 38.1 Å². The van der Waals surface area contributed by atoms with Gasteiger partial charge in [-0.2, -0.15) is 0 Å². The molecule has 170 valence electrons. The normalized spacial score (nSPS) is 16.8. The van der Waals surface area contributed by atoms with Crippen LogP contribution in [0, 0.1) is 5.41 Å². The molecule has 0 spiro atoms. The molecule has 1 aromatic rings. The van der Waals surface area contributed by atoms with Crippen molar-refractivity contribution in [3.63, 3.8) is 0 Å². The summed E-state index contributed by atoms with van der Waals surface area (Å²) >= 11 is 0. The van der Waals surface area contributed by atoms with E-state index in [9.17, 15) is 8.42 Å². The number of nitrogens with zero attached hydrogens (tertiary/aromatic N) is 1. The zero-order valence-corrected chi connectivity index (χ0v) is 19.6. The minimum atomic E-state index is -3.31. The first-order chi connectivity index (χ1) is 14.3. The highest BCUT2D eigenvalue weighted by Gasteiger charge is 2.33. The summed E-state index contributed by atoms with van der Waals surface area (Å²) in [6.45, 7) is 5.96.